The highest BCUT2D eigenvalue weighted by atomic mass is 32.2. The van der Waals surface area contributed by atoms with E-state index in [2.05, 4.69) is 16.9 Å². The lowest BCUT2D eigenvalue weighted by molar-refractivity contribution is 0.177. The van der Waals surface area contributed by atoms with Crippen molar-refractivity contribution in [3.8, 4) is 0 Å². The van der Waals surface area contributed by atoms with Crippen molar-refractivity contribution < 1.29 is 4.74 Å². The zero-order valence-corrected chi connectivity index (χ0v) is 11.9. The lowest BCUT2D eigenvalue weighted by Gasteiger charge is -2.25. The molecule has 0 spiro atoms. The molecule has 0 aromatic carbocycles. The van der Waals surface area contributed by atoms with Gasteiger partial charge in [-0.05, 0) is 18.8 Å². The smallest absolute Gasteiger partial charge is 0.157 e. The van der Waals surface area contributed by atoms with Crippen LogP contribution in [0.5, 0.6) is 0 Å². The molecule has 1 aliphatic rings. The summed E-state index contributed by atoms with van der Waals surface area (Å²) in [6, 6.07) is 1.86. The summed E-state index contributed by atoms with van der Waals surface area (Å²) in [6.45, 7) is 2.75. The van der Waals surface area contributed by atoms with Crippen LogP contribution in [-0.4, -0.2) is 22.3 Å². The van der Waals surface area contributed by atoms with Gasteiger partial charge in [0.05, 0.1) is 0 Å². The van der Waals surface area contributed by atoms with Gasteiger partial charge in [-0.25, -0.2) is 9.97 Å². The van der Waals surface area contributed by atoms with E-state index in [0.29, 0.717) is 23.5 Å². The van der Waals surface area contributed by atoms with Crippen molar-refractivity contribution in [1.29, 1.82) is 0 Å². The van der Waals surface area contributed by atoms with Crippen molar-refractivity contribution in [3.05, 3.63) is 11.9 Å². The average molecular weight is 267 g/mol. The number of nitrogen functional groups attached to an aromatic ring is 1. The Balaban J connectivity index is 2.03. The molecule has 2 atom stereocenters. The SMILES string of the molecule is COCc1nc(N)cc(SC2CCCC(C)C2)n1. The van der Waals surface area contributed by atoms with Crippen molar-refractivity contribution >= 4 is 17.6 Å². The summed E-state index contributed by atoms with van der Waals surface area (Å²) in [5.74, 6) is 2.03. The summed E-state index contributed by atoms with van der Waals surface area (Å²) in [4.78, 5) is 8.65. The van der Waals surface area contributed by atoms with Crippen LogP contribution in [0.25, 0.3) is 0 Å². The van der Waals surface area contributed by atoms with E-state index in [1.54, 1.807) is 7.11 Å². The average Bonchev–Trinajstić information content (AvgIpc) is 2.28. The fourth-order valence-corrected chi connectivity index (χ4v) is 3.80. The molecule has 1 fully saturated rings. The van der Waals surface area contributed by atoms with Crippen molar-refractivity contribution in [2.45, 2.75) is 49.5 Å². The third-order valence-corrected chi connectivity index (χ3v) is 4.43. The number of ether oxygens (including phenoxy) is 1. The van der Waals surface area contributed by atoms with Crippen LogP contribution < -0.4 is 5.73 Å². The predicted molar refractivity (Wildman–Crippen MR) is 74.4 cm³/mol. The van der Waals surface area contributed by atoms with Gasteiger partial charge in [-0.15, -0.1) is 11.8 Å². The Morgan fingerprint density at radius 1 is 1.44 bits per heavy atom. The first-order valence-electron chi connectivity index (χ1n) is 6.46. The fourth-order valence-electron chi connectivity index (χ4n) is 2.40. The largest absolute Gasteiger partial charge is 0.384 e. The zero-order valence-electron chi connectivity index (χ0n) is 11.1. The maximum absolute atomic E-state index is 5.80. The number of nitrogens with two attached hydrogens (primary N) is 1. The highest BCUT2D eigenvalue weighted by molar-refractivity contribution is 7.99. The van der Waals surface area contributed by atoms with Crippen molar-refractivity contribution in [2.24, 2.45) is 5.92 Å². The molecule has 1 aromatic rings. The molecule has 18 heavy (non-hydrogen) atoms. The van der Waals surface area contributed by atoms with E-state index in [1.165, 1.54) is 25.7 Å². The number of nitrogens with zero attached hydrogens (tertiary/aromatic N) is 2. The molecule has 0 saturated heterocycles. The van der Waals surface area contributed by atoms with Gasteiger partial charge in [-0.2, -0.15) is 0 Å². The molecule has 2 rings (SSSR count). The minimum atomic E-state index is 0.416. The van der Waals surface area contributed by atoms with Crippen LogP contribution in [0.4, 0.5) is 5.82 Å². The maximum Gasteiger partial charge on any atom is 0.157 e. The minimum Gasteiger partial charge on any atom is -0.384 e. The second kappa shape index (κ2) is 6.38. The molecule has 2 unspecified atom stereocenters. The van der Waals surface area contributed by atoms with Crippen LogP contribution in [0.15, 0.2) is 11.1 Å². The third-order valence-electron chi connectivity index (χ3n) is 3.22. The van der Waals surface area contributed by atoms with E-state index in [1.807, 2.05) is 17.8 Å². The number of aromatic nitrogens is 2. The molecule has 0 amide bonds. The molecule has 4 nitrogen and oxygen atoms in total. The Bertz CT molecular complexity index is 400. The standard InChI is InChI=1S/C13H21N3OS/c1-9-4-3-5-10(6-9)18-13-7-11(14)15-12(16-13)8-17-2/h7,9-10H,3-6,8H2,1-2H3,(H2,14,15,16). The summed E-state index contributed by atoms with van der Waals surface area (Å²) in [7, 11) is 1.64. The molecular formula is C13H21N3OS. The van der Waals surface area contributed by atoms with Gasteiger partial charge >= 0.3 is 0 Å². The molecule has 1 heterocycles. The molecule has 5 heteroatoms. The molecule has 100 valence electrons. The Hall–Kier alpha value is -0.810. The van der Waals surface area contributed by atoms with Gasteiger partial charge < -0.3 is 10.5 Å². The number of thioether (sulfide) groups is 1. The molecule has 0 radical (unpaired) electrons. The summed E-state index contributed by atoms with van der Waals surface area (Å²) in [5, 5.41) is 1.65. The summed E-state index contributed by atoms with van der Waals surface area (Å²) >= 11 is 1.84. The van der Waals surface area contributed by atoms with E-state index in [4.69, 9.17) is 10.5 Å². The Labute approximate surface area is 113 Å². The van der Waals surface area contributed by atoms with Crippen LogP contribution in [0.1, 0.15) is 38.4 Å². The number of hydrogen-bond donors (Lipinski definition) is 1. The van der Waals surface area contributed by atoms with E-state index < -0.39 is 0 Å². The monoisotopic (exact) mass is 267 g/mol. The zero-order chi connectivity index (χ0) is 13.0. The van der Waals surface area contributed by atoms with Gasteiger partial charge in [-0.1, -0.05) is 19.8 Å². The topological polar surface area (TPSA) is 61.0 Å². The van der Waals surface area contributed by atoms with Crippen molar-refractivity contribution in [3.63, 3.8) is 0 Å². The van der Waals surface area contributed by atoms with Crippen LogP contribution in [0, 0.1) is 5.92 Å². The van der Waals surface area contributed by atoms with Crippen LogP contribution in [0.3, 0.4) is 0 Å². The van der Waals surface area contributed by atoms with Crippen molar-refractivity contribution in [2.75, 3.05) is 12.8 Å². The highest BCUT2D eigenvalue weighted by Crippen LogP contribution is 2.35. The van der Waals surface area contributed by atoms with Gasteiger partial charge in [0.2, 0.25) is 0 Å². The molecule has 1 aliphatic carbocycles. The maximum atomic E-state index is 5.80. The van der Waals surface area contributed by atoms with Gasteiger partial charge in [0.25, 0.3) is 0 Å². The lowest BCUT2D eigenvalue weighted by Crippen LogP contribution is -2.15. The van der Waals surface area contributed by atoms with E-state index in [-0.39, 0.29) is 0 Å². The normalized spacial score (nSPS) is 24.1. The molecule has 0 aliphatic heterocycles. The number of methoxy groups -OCH3 is 1. The van der Waals surface area contributed by atoms with Gasteiger partial charge in [-0.3, -0.25) is 0 Å². The van der Waals surface area contributed by atoms with Gasteiger partial charge in [0.15, 0.2) is 5.82 Å². The van der Waals surface area contributed by atoms with Crippen LogP contribution >= 0.6 is 11.8 Å². The second-order valence-electron chi connectivity index (χ2n) is 4.99. The first-order chi connectivity index (χ1) is 8.67. The Morgan fingerprint density at radius 3 is 3.00 bits per heavy atom. The van der Waals surface area contributed by atoms with Gasteiger partial charge in [0, 0.05) is 18.4 Å². The van der Waals surface area contributed by atoms with Crippen LogP contribution in [0.2, 0.25) is 0 Å². The number of anilines is 1. The summed E-state index contributed by atoms with van der Waals surface area (Å²) < 4.78 is 5.06. The fraction of sp³-hybridized carbons (Fsp3) is 0.692. The first-order valence-corrected chi connectivity index (χ1v) is 7.34. The number of rotatable bonds is 4. The molecule has 0 bridgehead atoms. The first kappa shape index (κ1) is 13.6. The predicted octanol–water partition coefficient (Wildman–Crippen LogP) is 2.88. The van der Waals surface area contributed by atoms with E-state index in [0.717, 1.165) is 10.9 Å². The third kappa shape index (κ3) is 3.85. The Morgan fingerprint density at radius 2 is 2.28 bits per heavy atom. The Kier molecular flexibility index (Phi) is 4.83. The quantitative estimate of drug-likeness (QED) is 0.850. The highest BCUT2D eigenvalue weighted by Gasteiger charge is 2.20. The minimum absolute atomic E-state index is 0.416. The molecule has 1 saturated carbocycles. The van der Waals surface area contributed by atoms with Crippen molar-refractivity contribution in [1.82, 2.24) is 9.97 Å². The second-order valence-corrected chi connectivity index (χ2v) is 6.31. The van der Waals surface area contributed by atoms with E-state index >= 15 is 0 Å². The number of hydrogen-bond acceptors (Lipinski definition) is 5. The van der Waals surface area contributed by atoms with Crippen LogP contribution in [-0.2, 0) is 11.3 Å². The molecule has 2 N–H and O–H groups in total. The summed E-state index contributed by atoms with van der Waals surface area (Å²) in [6.07, 6.45) is 5.23. The molecular weight excluding hydrogens is 246 g/mol. The van der Waals surface area contributed by atoms with E-state index in [9.17, 15) is 0 Å². The lowest BCUT2D eigenvalue weighted by atomic mass is 9.91. The summed E-state index contributed by atoms with van der Waals surface area (Å²) in [5.41, 5.74) is 5.80. The molecule has 1 aromatic heterocycles. The van der Waals surface area contributed by atoms with Gasteiger partial charge in [0.1, 0.15) is 17.5 Å².